The lowest BCUT2D eigenvalue weighted by atomic mass is 9.90. The molecule has 0 aromatic heterocycles. The van der Waals surface area contributed by atoms with Gasteiger partial charge in [-0.3, -0.25) is 4.79 Å². The molecule has 1 amide bonds. The fourth-order valence-corrected chi connectivity index (χ4v) is 4.43. The molecule has 0 radical (unpaired) electrons. The summed E-state index contributed by atoms with van der Waals surface area (Å²) in [5.41, 5.74) is 0.488. The summed E-state index contributed by atoms with van der Waals surface area (Å²) in [4.78, 5) is 15.1. The average molecular weight is 334 g/mol. The Morgan fingerprint density at radius 1 is 1.04 bits per heavy atom. The van der Waals surface area contributed by atoms with Crippen LogP contribution in [-0.4, -0.2) is 37.4 Å². The lowest BCUT2D eigenvalue weighted by Gasteiger charge is -2.38. The van der Waals surface area contributed by atoms with Gasteiger partial charge < -0.3 is 4.90 Å². The lowest BCUT2D eigenvalue weighted by molar-refractivity contribution is 0.0556. The van der Waals surface area contributed by atoms with E-state index >= 15 is 0 Å². The third-order valence-electron chi connectivity index (χ3n) is 4.93. The Bertz CT molecular complexity index is 719. The topological polar surface area (TPSA) is 66.5 Å². The van der Waals surface area contributed by atoms with Crippen molar-refractivity contribution < 1.29 is 13.2 Å². The van der Waals surface area contributed by atoms with E-state index in [1.807, 2.05) is 4.90 Å². The summed E-state index contributed by atoms with van der Waals surface area (Å²) in [6.07, 6.45) is 7.27. The molecule has 6 heteroatoms. The van der Waals surface area contributed by atoms with Gasteiger partial charge in [-0.1, -0.05) is 6.07 Å². The number of rotatable bonds is 6. The SMILES string of the molecule is O=C(c1cccc(S(=O)(=O)NC2CC2)c1)N(C1CCC1)C1CC1. The van der Waals surface area contributed by atoms with Crippen molar-refractivity contribution in [3.05, 3.63) is 29.8 Å². The Kier molecular flexibility index (Phi) is 3.69. The van der Waals surface area contributed by atoms with Crippen LogP contribution < -0.4 is 4.72 Å². The van der Waals surface area contributed by atoms with Crippen molar-refractivity contribution in [3.8, 4) is 0 Å². The van der Waals surface area contributed by atoms with Crippen molar-refractivity contribution in [1.82, 2.24) is 9.62 Å². The van der Waals surface area contributed by atoms with E-state index in [0.29, 0.717) is 17.6 Å². The molecule has 0 saturated heterocycles. The average Bonchev–Trinajstić information content (AvgIpc) is 3.36. The Morgan fingerprint density at radius 2 is 1.74 bits per heavy atom. The predicted molar refractivity (Wildman–Crippen MR) is 86.6 cm³/mol. The van der Waals surface area contributed by atoms with Crippen LogP contribution in [0.5, 0.6) is 0 Å². The lowest BCUT2D eigenvalue weighted by Crippen LogP contribution is -2.45. The second kappa shape index (κ2) is 5.60. The van der Waals surface area contributed by atoms with Crippen LogP contribution in [0.2, 0.25) is 0 Å². The number of carbonyl (C=O) groups is 1. The summed E-state index contributed by atoms with van der Waals surface area (Å²) in [6, 6.07) is 7.26. The number of carbonyl (C=O) groups excluding carboxylic acids is 1. The third kappa shape index (κ3) is 3.15. The number of nitrogens with one attached hydrogen (secondary N) is 1. The molecule has 3 saturated carbocycles. The van der Waals surface area contributed by atoms with Gasteiger partial charge in [0.05, 0.1) is 4.90 Å². The normalized spacial score (nSPS) is 21.7. The second-order valence-electron chi connectivity index (χ2n) is 6.95. The molecule has 1 aromatic rings. The van der Waals surface area contributed by atoms with Crippen LogP contribution in [-0.2, 0) is 10.0 Å². The van der Waals surface area contributed by atoms with Crippen molar-refractivity contribution in [2.75, 3.05) is 0 Å². The minimum atomic E-state index is -3.52. The zero-order valence-corrected chi connectivity index (χ0v) is 13.9. The Hall–Kier alpha value is -1.40. The Morgan fingerprint density at radius 3 is 2.30 bits per heavy atom. The molecular weight excluding hydrogens is 312 g/mol. The van der Waals surface area contributed by atoms with Gasteiger partial charge in [-0.25, -0.2) is 13.1 Å². The summed E-state index contributed by atoms with van der Waals surface area (Å²) in [5, 5.41) is 0. The number of hydrogen-bond donors (Lipinski definition) is 1. The highest BCUT2D eigenvalue weighted by Gasteiger charge is 2.40. The van der Waals surface area contributed by atoms with E-state index < -0.39 is 10.0 Å². The maximum absolute atomic E-state index is 12.9. The summed E-state index contributed by atoms with van der Waals surface area (Å²) in [7, 11) is -3.52. The molecule has 3 fully saturated rings. The Labute approximate surface area is 137 Å². The minimum absolute atomic E-state index is 0.0133. The molecule has 0 aliphatic heterocycles. The van der Waals surface area contributed by atoms with Crippen molar-refractivity contribution in [1.29, 1.82) is 0 Å². The second-order valence-corrected chi connectivity index (χ2v) is 8.67. The standard InChI is InChI=1S/C17H22N2O3S/c20-17(19(15-9-10-15)14-4-2-5-14)12-3-1-6-16(11-12)23(21,22)18-13-7-8-13/h1,3,6,11,13-15,18H,2,4-5,7-10H2. The zero-order valence-electron chi connectivity index (χ0n) is 13.1. The highest BCUT2D eigenvalue weighted by molar-refractivity contribution is 7.89. The van der Waals surface area contributed by atoms with Gasteiger partial charge in [0.1, 0.15) is 0 Å². The molecule has 1 N–H and O–H groups in total. The van der Waals surface area contributed by atoms with E-state index in [-0.39, 0.29) is 16.8 Å². The van der Waals surface area contributed by atoms with Gasteiger partial charge in [-0.05, 0) is 63.1 Å². The van der Waals surface area contributed by atoms with Crippen LogP contribution in [0.3, 0.4) is 0 Å². The van der Waals surface area contributed by atoms with Gasteiger partial charge >= 0.3 is 0 Å². The van der Waals surface area contributed by atoms with Crippen LogP contribution in [0.1, 0.15) is 55.3 Å². The van der Waals surface area contributed by atoms with E-state index in [1.54, 1.807) is 18.2 Å². The number of sulfonamides is 1. The van der Waals surface area contributed by atoms with Crippen LogP contribution in [0, 0.1) is 0 Å². The van der Waals surface area contributed by atoms with Crippen molar-refractivity contribution in [3.63, 3.8) is 0 Å². The molecule has 23 heavy (non-hydrogen) atoms. The molecule has 3 aliphatic rings. The van der Waals surface area contributed by atoms with E-state index in [2.05, 4.69) is 4.72 Å². The van der Waals surface area contributed by atoms with Gasteiger partial charge in [-0.2, -0.15) is 0 Å². The zero-order chi connectivity index (χ0) is 16.0. The van der Waals surface area contributed by atoms with Gasteiger partial charge in [0, 0.05) is 23.7 Å². The Balaban J connectivity index is 1.58. The van der Waals surface area contributed by atoms with Crippen molar-refractivity contribution in [2.24, 2.45) is 0 Å². The number of nitrogens with zero attached hydrogens (tertiary/aromatic N) is 1. The highest BCUT2D eigenvalue weighted by atomic mass is 32.2. The molecular formula is C17H22N2O3S. The molecule has 0 spiro atoms. The predicted octanol–water partition coefficient (Wildman–Crippen LogP) is 2.28. The first-order valence-electron chi connectivity index (χ1n) is 8.50. The largest absolute Gasteiger partial charge is 0.333 e. The molecule has 1 aromatic carbocycles. The molecule has 0 bridgehead atoms. The first kappa shape index (κ1) is 15.1. The third-order valence-corrected chi connectivity index (χ3v) is 6.45. The van der Waals surface area contributed by atoms with Crippen LogP contribution in [0.15, 0.2) is 29.2 Å². The fraction of sp³-hybridized carbons (Fsp3) is 0.588. The first-order chi connectivity index (χ1) is 11.0. The molecule has 0 atom stereocenters. The molecule has 5 nitrogen and oxygen atoms in total. The van der Waals surface area contributed by atoms with E-state index in [1.165, 1.54) is 12.5 Å². The quantitative estimate of drug-likeness (QED) is 0.868. The van der Waals surface area contributed by atoms with Crippen LogP contribution >= 0.6 is 0 Å². The summed E-state index contributed by atoms with van der Waals surface area (Å²) in [6.45, 7) is 0. The van der Waals surface area contributed by atoms with Crippen molar-refractivity contribution in [2.45, 2.75) is 68.0 Å². The van der Waals surface area contributed by atoms with Crippen LogP contribution in [0.4, 0.5) is 0 Å². The van der Waals surface area contributed by atoms with Crippen molar-refractivity contribution >= 4 is 15.9 Å². The van der Waals surface area contributed by atoms with Gasteiger partial charge in [0.25, 0.3) is 5.91 Å². The minimum Gasteiger partial charge on any atom is -0.333 e. The molecule has 3 aliphatic carbocycles. The first-order valence-corrected chi connectivity index (χ1v) is 9.98. The smallest absolute Gasteiger partial charge is 0.254 e. The molecule has 124 valence electrons. The molecule has 0 unspecified atom stereocenters. The van der Waals surface area contributed by atoms with E-state index in [9.17, 15) is 13.2 Å². The van der Waals surface area contributed by atoms with E-state index in [4.69, 9.17) is 0 Å². The maximum atomic E-state index is 12.9. The van der Waals surface area contributed by atoms with Crippen LogP contribution in [0.25, 0.3) is 0 Å². The van der Waals surface area contributed by atoms with Gasteiger partial charge in [0.2, 0.25) is 10.0 Å². The number of benzene rings is 1. The molecule has 4 rings (SSSR count). The maximum Gasteiger partial charge on any atom is 0.254 e. The summed E-state index contributed by atoms with van der Waals surface area (Å²) in [5.74, 6) is -0.0133. The summed E-state index contributed by atoms with van der Waals surface area (Å²) >= 11 is 0. The number of hydrogen-bond acceptors (Lipinski definition) is 3. The monoisotopic (exact) mass is 334 g/mol. The van der Waals surface area contributed by atoms with Gasteiger partial charge in [-0.15, -0.1) is 0 Å². The van der Waals surface area contributed by atoms with Gasteiger partial charge in [0.15, 0.2) is 0 Å². The molecule has 0 heterocycles. The van der Waals surface area contributed by atoms with E-state index in [0.717, 1.165) is 38.5 Å². The number of amides is 1. The summed E-state index contributed by atoms with van der Waals surface area (Å²) < 4.78 is 27.3. The fourth-order valence-electron chi connectivity index (χ4n) is 3.08. The highest BCUT2D eigenvalue weighted by Crippen LogP contribution is 2.36.